The molecule has 8 heteroatoms. The minimum absolute atomic E-state index is 0.574. The Morgan fingerprint density at radius 2 is 0.831 bits per heavy atom. The zero-order valence-corrected chi connectivity index (χ0v) is 42.5. The van der Waals surface area contributed by atoms with Crippen molar-refractivity contribution in [3.05, 3.63) is 231 Å². The number of benzene rings is 11. The summed E-state index contributed by atoms with van der Waals surface area (Å²) in [5, 5.41) is 11.4. The number of aromatic nitrogens is 4. The fraction of sp³-hybridized carbons (Fsp3) is 0. The molecule has 17 rings (SSSR count). The van der Waals surface area contributed by atoms with Gasteiger partial charge in [-0.2, -0.15) is 0 Å². The molecule has 0 saturated carbocycles. The molecule has 6 heterocycles. The largest absolute Gasteiger partial charge is 0.456 e. The van der Waals surface area contributed by atoms with Crippen LogP contribution in [0.15, 0.2) is 239 Å². The van der Waals surface area contributed by atoms with Crippen LogP contribution in [0.5, 0.6) is 0 Å². The lowest BCUT2D eigenvalue weighted by molar-refractivity contribution is 0.669. The van der Waals surface area contributed by atoms with Gasteiger partial charge in [0.15, 0.2) is 17.5 Å². The maximum Gasteiger partial charge on any atom is 0.164 e. The van der Waals surface area contributed by atoms with Gasteiger partial charge in [0.1, 0.15) is 22.3 Å². The Labute approximate surface area is 447 Å². The minimum Gasteiger partial charge on any atom is -0.456 e. The topological polar surface area (TPSA) is 69.9 Å². The van der Waals surface area contributed by atoms with Gasteiger partial charge in [-0.1, -0.05) is 146 Å². The van der Waals surface area contributed by atoms with Gasteiger partial charge in [-0.3, -0.25) is 0 Å². The number of hydrogen-bond donors (Lipinski definition) is 0. The van der Waals surface area contributed by atoms with Crippen molar-refractivity contribution in [2.75, 3.05) is 0 Å². The molecule has 77 heavy (non-hydrogen) atoms. The molecule has 0 unspecified atom stereocenters. The molecule has 11 aromatic carbocycles. The summed E-state index contributed by atoms with van der Waals surface area (Å²) in [6, 6.07) is 82.1. The van der Waals surface area contributed by atoms with Crippen LogP contribution in [-0.2, 0) is 0 Å². The van der Waals surface area contributed by atoms with Gasteiger partial charge in [0.25, 0.3) is 0 Å². The zero-order chi connectivity index (χ0) is 50.3. The van der Waals surface area contributed by atoms with Gasteiger partial charge < -0.3 is 13.4 Å². The number of hydrogen-bond acceptors (Lipinski definition) is 7. The highest BCUT2D eigenvalue weighted by Gasteiger charge is 2.22. The van der Waals surface area contributed by atoms with Crippen LogP contribution in [0.1, 0.15) is 0 Å². The van der Waals surface area contributed by atoms with Crippen molar-refractivity contribution in [2.24, 2.45) is 0 Å². The van der Waals surface area contributed by atoms with Crippen LogP contribution in [0.4, 0.5) is 0 Å². The lowest BCUT2D eigenvalue weighted by Crippen LogP contribution is -2.00. The van der Waals surface area contributed by atoms with E-state index in [9.17, 15) is 0 Å². The van der Waals surface area contributed by atoms with Gasteiger partial charge in [-0.05, 0) is 107 Å². The summed E-state index contributed by atoms with van der Waals surface area (Å²) in [6.45, 7) is 0. The summed E-state index contributed by atoms with van der Waals surface area (Å²) >= 11 is 3.58. The maximum absolute atomic E-state index is 6.75. The molecule has 6 aromatic heterocycles. The molecule has 0 radical (unpaired) electrons. The first-order valence-electron chi connectivity index (χ1n) is 25.7. The second kappa shape index (κ2) is 16.4. The predicted octanol–water partition coefficient (Wildman–Crippen LogP) is 19.8. The van der Waals surface area contributed by atoms with Crippen molar-refractivity contribution >= 4 is 129 Å². The first-order chi connectivity index (χ1) is 38.1. The van der Waals surface area contributed by atoms with Crippen LogP contribution >= 0.6 is 22.7 Å². The number of para-hydroxylation sites is 3. The van der Waals surface area contributed by atoms with Gasteiger partial charge in [-0.25, -0.2) is 15.0 Å². The third kappa shape index (κ3) is 6.56. The van der Waals surface area contributed by atoms with E-state index in [-0.39, 0.29) is 0 Å². The molecule has 0 saturated heterocycles. The van der Waals surface area contributed by atoms with Crippen LogP contribution in [0, 0.1) is 0 Å². The summed E-state index contributed by atoms with van der Waals surface area (Å²) in [5.41, 5.74) is 13.6. The van der Waals surface area contributed by atoms with E-state index in [0.29, 0.717) is 17.5 Å². The molecule has 0 bridgehead atoms. The molecule has 0 atom stereocenters. The number of thiophene rings is 2. The first kappa shape index (κ1) is 42.6. The van der Waals surface area contributed by atoms with Crippen LogP contribution in [0.3, 0.4) is 0 Å². The van der Waals surface area contributed by atoms with E-state index in [1.165, 1.54) is 56.6 Å². The molecule has 0 fully saturated rings. The molecule has 0 aliphatic rings. The van der Waals surface area contributed by atoms with Crippen molar-refractivity contribution in [3.8, 4) is 62.1 Å². The Hall–Kier alpha value is -9.73. The van der Waals surface area contributed by atoms with E-state index in [1.807, 2.05) is 18.2 Å². The molecule has 0 aliphatic carbocycles. The quantitative estimate of drug-likeness (QED) is 0.166. The van der Waals surface area contributed by atoms with Gasteiger partial charge in [-0.15, -0.1) is 22.7 Å². The van der Waals surface area contributed by atoms with Gasteiger partial charge in [0.2, 0.25) is 0 Å². The molecule has 0 aliphatic heterocycles. The van der Waals surface area contributed by atoms with E-state index in [4.69, 9.17) is 23.8 Å². The normalized spacial score (nSPS) is 12.2. The molecular weight excluding hydrogens is 981 g/mol. The van der Waals surface area contributed by atoms with E-state index >= 15 is 0 Å². The van der Waals surface area contributed by atoms with E-state index in [2.05, 4.69) is 217 Å². The summed E-state index contributed by atoms with van der Waals surface area (Å²) < 4.78 is 20.8. The number of furan rings is 2. The highest BCUT2D eigenvalue weighted by molar-refractivity contribution is 7.26. The van der Waals surface area contributed by atoms with Gasteiger partial charge in [0, 0.05) is 95.0 Å². The van der Waals surface area contributed by atoms with Crippen molar-refractivity contribution in [1.82, 2.24) is 19.5 Å². The lowest BCUT2D eigenvalue weighted by Gasteiger charge is -2.11. The van der Waals surface area contributed by atoms with Gasteiger partial charge >= 0.3 is 0 Å². The Balaban J connectivity index is 0.866. The summed E-state index contributed by atoms with van der Waals surface area (Å²) in [6.07, 6.45) is 0. The molecule has 6 nitrogen and oxygen atoms in total. The Morgan fingerprint density at radius 3 is 1.58 bits per heavy atom. The Kier molecular flexibility index (Phi) is 9.07. The summed E-state index contributed by atoms with van der Waals surface area (Å²) in [4.78, 5) is 16.0. The van der Waals surface area contributed by atoms with Crippen LogP contribution in [0.25, 0.3) is 168 Å². The second-order valence-electron chi connectivity index (χ2n) is 19.8. The average Bonchev–Trinajstić information content (AvgIpc) is 4.33. The molecular formula is C69H38N4O2S2. The van der Waals surface area contributed by atoms with E-state index in [0.717, 1.165) is 94.0 Å². The second-order valence-corrected chi connectivity index (χ2v) is 22.0. The smallest absolute Gasteiger partial charge is 0.164 e. The summed E-state index contributed by atoms with van der Waals surface area (Å²) in [7, 11) is 0. The minimum atomic E-state index is 0.574. The van der Waals surface area contributed by atoms with E-state index in [1.54, 1.807) is 22.7 Å². The summed E-state index contributed by atoms with van der Waals surface area (Å²) in [5.74, 6) is 1.80. The Morgan fingerprint density at radius 1 is 0.286 bits per heavy atom. The van der Waals surface area contributed by atoms with Crippen LogP contribution in [0.2, 0.25) is 0 Å². The molecule has 0 spiro atoms. The van der Waals surface area contributed by atoms with Gasteiger partial charge in [0.05, 0.1) is 11.0 Å². The number of fused-ring (bicyclic) bond motifs is 15. The van der Waals surface area contributed by atoms with Crippen molar-refractivity contribution < 1.29 is 8.83 Å². The van der Waals surface area contributed by atoms with Crippen LogP contribution in [-0.4, -0.2) is 19.5 Å². The lowest BCUT2D eigenvalue weighted by atomic mass is 9.93. The fourth-order valence-corrected chi connectivity index (χ4v) is 14.2. The molecule has 358 valence electrons. The maximum atomic E-state index is 6.75. The number of rotatable bonds is 6. The third-order valence-electron chi connectivity index (χ3n) is 15.5. The number of nitrogens with zero attached hydrogens (tertiary/aromatic N) is 4. The fourth-order valence-electron chi connectivity index (χ4n) is 11.9. The molecule has 0 N–H and O–H groups in total. The van der Waals surface area contributed by atoms with Crippen LogP contribution < -0.4 is 0 Å². The standard InChI is InChI=1S/C69H38N4O2S2/c1-2-13-44(14-3-1)73-55-20-8-4-15-45(55)46-29-25-39(35-56(46)73)43-34-53(65-51-18-5-9-21-57(51)75-60(65)36-43)40-28-32-58-54(33-40)66-52(19-12-22-59(66)74-58)69-71-67(41-26-30-49-47-16-6-10-23-61(47)76-63(49)37-41)70-68(72-69)42-27-31-50-48-17-7-11-24-62(48)77-64(50)38-42/h1-38H. The van der Waals surface area contributed by atoms with Crippen molar-refractivity contribution in [1.29, 1.82) is 0 Å². The third-order valence-corrected chi connectivity index (χ3v) is 17.7. The monoisotopic (exact) mass is 1020 g/mol. The van der Waals surface area contributed by atoms with E-state index < -0.39 is 0 Å². The van der Waals surface area contributed by atoms with Crippen molar-refractivity contribution in [2.45, 2.75) is 0 Å². The Bertz CT molecular complexity index is 5180. The highest BCUT2D eigenvalue weighted by Crippen LogP contribution is 2.45. The highest BCUT2D eigenvalue weighted by atomic mass is 32.1. The average molecular weight is 1020 g/mol. The predicted molar refractivity (Wildman–Crippen MR) is 322 cm³/mol. The van der Waals surface area contributed by atoms with Crippen molar-refractivity contribution in [3.63, 3.8) is 0 Å². The first-order valence-corrected chi connectivity index (χ1v) is 27.3. The molecule has 0 amide bonds. The molecule has 17 aromatic rings. The zero-order valence-electron chi connectivity index (χ0n) is 40.9. The SMILES string of the molecule is c1ccc(-n2c3ccccc3c3ccc(-c4cc(-c5ccc6oc7cccc(-c8nc(-c9ccc%10c(c9)sc9ccccc9%10)nc(-c9ccc%10c(c9)sc9ccccc9%10)n8)c7c6c5)c5c(c4)oc4ccccc45)cc32)cc1.